The standard InChI is InChI=1S/C9H18N2O3/c1-10-8(12)6-4-2-3-5-7-9(13)11-14/h14H,2-7H2,1H3,(H,10,12)(H,11,13). The molecule has 0 spiro atoms. The molecule has 0 saturated carbocycles. The minimum absolute atomic E-state index is 0.0538. The highest BCUT2D eigenvalue weighted by Gasteiger charge is 1.99. The molecule has 0 aliphatic carbocycles. The number of carbonyl (C=O) groups excluding carboxylic acids is 2. The minimum Gasteiger partial charge on any atom is -0.359 e. The quantitative estimate of drug-likeness (QED) is 0.321. The molecule has 0 fully saturated rings. The number of hydroxylamine groups is 1. The van der Waals surface area contributed by atoms with Crippen molar-refractivity contribution < 1.29 is 14.8 Å². The van der Waals surface area contributed by atoms with E-state index in [-0.39, 0.29) is 11.8 Å². The first-order valence-electron chi connectivity index (χ1n) is 4.84. The molecule has 3 N–H and O–H groups in total. The van der Waals surface area contributed by atoms with Gasteiger partial charge in [0.15, 0.2) is 0 Å². The number of carbonyl (C=O) groups is 2. The lowest BCUT2D eigenvalue weighted by Crippen LogP contribution is -2.18. The van der Waals surface area contributed by atoms with Crippen molar-refractivity contribution in [2.45, 2.75) is 38.5 Å². The van der Waals surface area contributed by atoms with Gasteiger partial charge in [0.1, 0.15) is 0 Å². The van der Waals surface area contributed by atoms with E-state index >= 15 is 0 Å². The summed E-state index contributed by atoms with van der Waals surface area (Å²) >= 11 is 0. The molecule has 5 nitrogen and oxygen atoms in total. The Morgan fingerprint density at radius 2 is 1.50 bits per heavy atom. The molecular formula is C9H18N2O3. The Bertz CT molecular complexity index is 163. The molecule has 0 aromatic heterocycles. The minimum atomic E-state index is -0.351. The van der Waals surface area contributed by atoms with Crippen LogP contribution in [0.2, 0.25) is 0 Å². The number of unbranched alkanes of at least 4 members (excludes halogenated alkanes) is 3. The second-order valence-electron chi connectivity index (χ2n) is 3.12. The molecule has 0 radical (unpaired) electrons. The molecule has 2 amide bonds. The topological polar surface area (TPSA) is 78.4 Å². The van der Waals surface area contributed by atoms with Crippen LogP contribution in [0.1, 0.15) is 38.5 Å². The van der Waals surface area contributed by atoms with Gasteiger partial charge < -0.3 is 5.32 Å². The van der Waals surface area contributed by atoms with Crippen LogP contribution in [0.5, 0.6) is 0 Å². The van der Waals surface area contributed by atoms with Crippen molar-refractivity contribution in [1.29, 1.82) is 0 Å². The second kappa shape index (κ2) is 8.50. The van der Waals surface area contributed by atoms with E-state index in [4.69, 9.17) is 5.21 Å². The third-order valence-corrected chi connectivity index (χ3v) is 1.96. The first-order valence-corrected chi connectivity index (χ1v) is 4.84. The molecular weight excluding hydrogens is 184 g/mol. The Labute approximate surface area is 83.8 Å². The molecule has 0 saturated heterocycles. The van der Waals surface area contributed by atoms with Gasteiger partial charge in [0.05, 0.1) is 0 Å². The van der Waals surface area contributed by atoms with Gasteiger partial charge in [0.2, 0.25) is 11.8 Å². The predicted octanol–water partition coefficient (Wildman–Crippen LogP) is 0.578. The van der Waals surface area contributed by atoms with Crippen LogP contribution in [0, 0.1) is 0 Å². The van der Waals surface area contributed by atoms with E-state index in [2.05, 4.69) is 5.32 Å². The van der Waals surface area contributed by atoms with E-state index in [0.717, 1.165) is 25.7 Å². The number of amides is 2. The fourth-order valence-electron chi connectivity index (χ4n) is 1.11. The first kappa shape index (κ1) is 12.9. The average molecular weight is 202 g/mol. The van der Waals surface area contributed by atoms with Gasteiger partial charge >= 0.3 is 0 Å². The van der Waals surface area contributed by atoms with Crippen LogP contribution < -0.4 is 10.8 Å². The Morgan fingerprint density at radius 1 is 1.00 bits per heavy atom. The summed E-state index contributed by atoms with van der Waals surface area (Å²) in [7, 11) is 1.62. The summed E-state index contributed by atoms with van der Waals surface area (Å²) in [6.45, 7) is 0. The number of hydrogen-bond acceptors (Lipinski definition) is 3. The molecule has 0 aliphatic rings. The van der Waals surface area contributed by atoms with Gasteiger partial charge in [0.25, 0.3) is 0 Å². The molecule has 0 aromatic carbocycles. The molecule has 82 valence electrons. The van der Waals surface area contributed by atoms with Gasteiger partial charge in [-0.3, -0.25) is 14.8 Å². The number of hydrogen-bond donors (Lipinski definition) is 3. The summed E-state index contributed by atoms with van der Waals surface area (Å²) in [6, 6.07) is 0. The molecule has 0 rings (SSSR count). The number of nitrogens with one attached hydrogen (secondary N) is 2. The van der Waals surface area contributed by atoms with Crippen LogP contribution in [-0.4, -0.2) is 24.1 Å². The Hall–Kier alpha value is -1.10. The zero-order valence-electron chi connectivity index (χ0n) is 8.51. The monoisotopic (exact) mass is 202 g/mol. The van der Waals surface area contributed by atoms with E-state index in [1.54, 1.807) is 12.5 Å². The summed E-state index contributed by atoms with van der Waals surface area (Å²) in [5.41, 5.74) is 1.58. The highest BCUT2D eigenvalue weighted by Crippen LogP contribution is 2.04. The summed E-state index contributed by atoms with van der Waals surface area (Å²) in [5, 5.41) is 10.7. The van der Waals surface area contributed by atoms with E-state index < -0.39 is 0 Å². The van der Waals surface area contributed by atoms with Crippen molar-refractivity contribution in [2.75, 3.05) is 7.05 Å². The molecule has 5 heteroatoms. The van der Waals surface area contributed by atoms with Crippen LogP contribution in [0.3, 0.4) is 0 Å². The van der Waals surface area contributed by atoms with Gasteiger partial charge in [-0.25, -0.2) is 5.48 Å². The summed E-state index contributed by atoms with van der Waals surface area (Å²) in [5.74, 6) is -0.297. The SMILES string of the molecule is CNC(=O)CCCCCCC(=O)NO. The lowest BCUT2D eigenvalue weighted by molar-refractivity contribution is -0.129. The van der Waals surface area contributed by atoms with Crippen LogP contribution >= 0.6 is 0 Å². The normalized spacial score (nSPS) is 9.57. The van der Waals surface area contributed by atoms with E-state index in [1.165, 1.54) is 0 Å². The van der Waals surface area contributed by atoms with Crippen molar-refractivity contribution in [3.05, 3.63) is 0 Å². The fraction of sp³-hybridized carbons (Fsp3) is 0.778. The molecule has 0 bridgehead atoms. The van der Waals surface area contributed by atoms with Crippen molar-refractivity contribution >= 4 is 11.8 Å². The molecule has 0 unspecified atom stereocenters. The average Bonchev–Trinajstić information content (AvgIpc) is 2.22. The predicted molar refractivity (Wildman–Crippen MR) is 51.7 cm³/mol. The molecule has 0 aromatic rings. The van der Waals surface area contributed by atoms with E-state index in [1.807, 2.05) is 0 Å². The van der Waals surface area contributed by atoms with E-state index in [9.17, 15) is 9.59 Å². The highest BCUT2D eigenvalue weighted by molar-refractivity contribution is 5.75. The smallest absolute Gasteiger partial charge is 0.243 e. The van der Waals surface area contributed by atoms with Crippen LogP contribution in [0.25, 0.3) is 0 Å². The largest absolute Gasteiger partial charge is 0.359 e. The van der Waals surface area contributed by atoms with Crippen LogP contribution in [0.4, 0.5) is 0 Å². The lowest BCUT2D eigenvalue weighted by atomic mass is 10.1. The molecule has 14 heavy (non-hydrogen) atoms. The van der Waals surface area contributed by atoms with Crippen molar-refractivity contribution in [1.82, 2.24) is 10.8 Å². The van der Waals surface area contributed by atoms with Gasteiger partial charge in [-0.05, 0) is 12.8 Å². The zero-order valence-corrected chi connectivity index (χ0v) is 8.51. The maximum Gasteiger partial charge on any atom is 0.243 e. The van der Waals surface area contributed by atoms with Gasteiger partial charge in [-0.15, -0.1) is 0 Å². The molecule has 0 aliphatic heterocycles. The first-order chi connectivity index (χ1) is 6.70. The van der Waals surface area contributed by atoms with E-state index in [0.29, 0.717) is 12.8 Å². The highest BCUT2D eigenvalue weighted by atomic mass is 16.5. The van der Waals surface area contributed by atoms with Gasteiger partial charge in [-0.1, -0.05) is 12.8 Å². The summed E-state index contributed by atoms with van der Waals surface area (Å²) in [6.07, 6.45) is 4.33. The van der Waals surface area contributed by atoms with Crippen molar-refractivity contribution in [3.8, 4) is 0 Å². The van der Waals surface area contributed by atoms with Crippen LogP contribution in [0.15, 0.2) is 0 Å². The summed E-state index contributed by atoms with van der Waals surface area (Å²) < 4.78 is 0. The molecule has 0 heterocycles. The maximum absolute atomic E-state index is 10.8. The zero-order chi connectivity index (χ0) is 10.8. The van der Waals surface area contributed by atoms with Crippen LogP contribution in [-0.2, 0) is 9.59 Å². The number of rotatable bonds is 7. The second-order valence-corrected chi connectivity index (χ2v) is 3.12. The molecule has 0 atom stereocenters. The third kappa shape index (κ3) is 7.54. The summed E-state index contributed by atoms with van der Waals surface area (Å²) in [4.78, 5) is 21.4. The van der Waals surface area contributed by atoms with Gasteiger partial charge in [-0.2, -0.15) is 0 Å². The Balaban J connectivity index is 3.14. The van der Waals surface area contributed by atoms with Gasteiger partial charge in [0, 0.05) is 19.9 Å². The Morgan fingerprint density at radius 3 is 1.93 bits per heavy atom. The lowest BCUT2D eigenvalue weighted by Gasteiger charge is -2.00. The Kier molecular flexibility index (Phi) is 7.83. The third-order valence-electron chi connectivity index (χ3n) is 1.96. The fourth-order valence-corrected chi connectivity index (χ4v) is 1.11. The van der Waals surface area contributed by atoms with Crippen molar-refractivity contribution in [3.63, 3.8) is 0 Å². The maximum atomic E-state index is 10.8. The van der Waals surface area contributed by atoms with Crippen molar-refractivity contribution in [2.24, 2.45) is 0 Å².